The molecule has 2 aromatic rings. The lowest BCUT2D eigenvalue weighted by Crippen LogP contribution is -2.22. The van der Waals surface area contributed by atoms with E-state index in [0.717, 1.165) is 55.1 Å². The van der Waals surface area contributed by atoms with Gasteiger partial charge in [0.25, 0.3) is 0 Å². The van der Waals surface area contributed by atoms with Gasteiger partial charge in [0, 0.05) is 37.3 Å². The van der Waals surface area contributed by atoms with E-state index in [1.807, 2.05) is 25.1 Å². The van der Waals surface area contributed by atoms with Gasteiger partial charge in [0.05, 0.1) is 5.69 Å². The number of hydrogen-bond acceptors (Lipinski definition) is 4. The summed E-state index contributed by atoms with van der Waals surface area (Å²) in [6, 6.07) is 10.3. The highest BCUT2D eigenvalue weighted by Gasteiger charge is 2.29. The maximum Gasteiger partial charge on any atom is 0.237 e. The Labute approximate surface area is 164 Å². The minimum atomic E-state index is -0.498. The van der Waals surface area contributed by atoms with Crippen LogP contribution < -0.4 is 10.6 Å². The first-order valence-corrected chi connectivity index (χ1v) is 9.67. The monoisotopic (exact) mass is 381 g/mol. The van der Waals surface area contributed by atoms with E-state index in [1.165, 1.54) is 12.1 Å². The number of ether oxygens (including phenoxy) is 1. The predicted molar refractivity (Wildman–Crippen MR) is 109 cm³/mol. The molecule has 1 unspecified atom stereocenters. The fourth-order valence-electron chi connectivity index (χ4n) is 3.70. The van der Waals surface area contributed by atoms with Crippen LogP contribution >= 0.6 is 0 Å². The Morgan fingerprint density at radius 2 is 2.07 bits per heavy atom. The van der Waals surface area contributed by atoms with Gasteiger partial charge in [0.15, 0.2) is 0 Å². The first kappa shape index (κ1) is 18.6. The molecule has 0 radical (unpaired) electrons. The number of hydrogen-bond donors (Lipinski definition) is 2. The summed E-state index contributed by atoms with van der Waals surface area (Å²) in [6.07, 6.45) is 3.83. The molecule has 28 heavy (non-hydrogen) atoms. The topological polar surface area (TPSA) is 62.7 Å². The summed E-state index contributed by atoms with van der Waals surface area (Å²) in [4.78, 5) is 16.7. The van der Waals surface area contributed by atoms with Crippen molar-refractivity contribution in [2.24, 2.45) is 10.9 Å². The molecule has 2 aliphatic heterocycles. The second-order valence-corrected chi connectivity index (χ2v) is 7.41. The molecule has 6 heteroatoms. The zero-order valence-electron chi connectivity index (χ0n) is 15.9. The van der Waals surface area contributed by atoms with E-state index in [0.29, 0.717) is 11.6 Å². The fourth-order valence-corrected chi connectivity index (χ4v) is 3.70. The van der Waals surface area contributed by atoms with Gasteiger partial charge < -0.3 is 15.4 Å². The summed E-state index contributed by atoms with van der Waals surface area (Å²) in [7, 11) is 0. The van der Waals surface area contributed by atoms with Gasteiger partial charge in [-0.3, -0.25) is 9.79 Å². The predicted octanol–water partition coefficient (Wildman–Crippen LogP) is 4.41. The average molecular weight is 381 g/mol. The van der Waals surface area contributed by atoms with Crippen molar-refractivity contribution in [3.63, 3.8) is 0 Å². The van der Waals surface area contributed by atoms with Gasteiger partial charge in [-0.2, -0.15) is 0 Å². The van der Waals surface area contributed by atoms with Crippen LogP contribution in [0.15, 0.2) is 41.4 Å². The molecular weight excluding hydrogens is 357 g/mol. The number of aryl methyl sites for hydroxylation is 1. The number of anilines is 2. The molecule has 1 saturated heterocycles. The van der Waals surface area contributed by atoms with E-state index in [2.05, 4.69) is 15.6 Å². The molecule has 2 heterocycles. The Bertz CT molecular complexity index is 907. The number of carbonyl (C=O) groups is 1. The number of carbonyl (C=O) groups excluding carboxylic acids is 1. The van der Waals surface area contributed by atoms with Crippen LogP contribution in [-0.4, -0.2) is 31.9 Å². The zero-order chi connectivity index (χ0) is 19.5. The second-order valence-electron chi connectivity index (χ2n) is 7.41. The summed E-state index contributed by atoms with van der Waals surface area (Å²) in [5.41, 5.74) is 4.27. The lowest BCUT2D eigenvalue weighted by atomic mass is 10.00. The van der Waals surface area contributed by atoms with Crippen LogP contribution in [0.5, 0.6) is 0 Å². The first-order valence-electron chi connectivity index (χ1n) is 9.67. The highest BCUT2D eigenvalue weighted by molar-refractivity contribution is 6.12. The second kappa shape index (κ2) is 8.10. The number of aliphatic imine (C=N–C) groups is 1. The standard InChI is InChI=1S/C22H24FN3O2/c1-14-10-17(3-5-20(14)25-12-15-6-8-28-9-7-15)24-13-19-18-4-2-16(23)11-21(18)26-22(19)27/h2-5,10-11,13,15,19,25H,6-9,12H2,1H3,(H,26,27). The average Bonchev–Trinajstić information content (AvgIpc) is 3.00. The number of amides is 1. The molecule has 4 rings (SSSR count). The Morgan fingerprint density at radius 3 is 2.86 bits per heavy atom. The third kappa shape index (κ3) is 4.07. The van der Waals surface area contributed by atoms with E-state index in [9.17, 15) is 9.18 Å². The zero-order valence-corrected chi connectivity index (χ0v) is 15.9. The van der Waals surface area contributed by atoms with Crippen LogP contribution in [0.2, 0.25) is 0 Å². The number of benzene rings is 2. The fraction of sp³-hybridized carbons (Fsp3) is 0.364. The van der Waals surface area contributed by atoms with Crippen LogP contribution in [0.4, 0.5) is 21.5 Å². The maximum atomic E-state index is 13.3. The van der Waals surface area contributed by atoms with Gasteiger partial charge in [0.2, 0.25) is 5.91 Å². The number of nitrogens with one attached hydrogen (secondary N) is 2. The van der Waals surface area contributed by atoms with Crippen LogP contribution in [0.25, 0.3) is 0 Å². The van der Waals surface area contributed by atoms with Gasteiger partial charge in [-0.1, -0.05) is 6.07 Å². The van der Waals surface area contributed by atoms with Crippen molar-refractivity contribution in [2.75, 3.05) is 30.4 Å². The van der Waals surface area contributed by atoms with Crippen LogP contribution in [-0.2, 0) is 9.53 Å². The van der Waals surface area contributed by atoms with Gasteiger partial charge >= 0.3 is 0 Å². The normalized spacial score (nSPS) is 19.6. The molecule has 0 aromatic heterocycles. The summed E-state index contributed by atoms with van der Waals surface area (Å²) in [5.74, 6) is -0.397. The van der Waals surface area contributed by atoms with E-state index in [4.69, 9.17) is 4.74 Å². The highest BCUT2D eigenvalue weighted by Crippen LogP contribution is 2.32. The Balaban J connectivity index is 1.42. The molecule has 0 spiro atoms. The summed E-state index contributed by atoms with van der Waals surface area (Å²) in [6.45, 7) is 4.70. The van der Waals surface area contributed by atoms with Crippen molar-refractivity contribution in [1.29, 1.82) is 0 Å². The summed E-state index contributed by atoms with van der Waals surface area (Å²) in [5, 5.41) is 6.23. The molecule has 146 valence electrons. The van der Waals surface area contributed by atoms with E-state index in [1.54, 1.807) is 12.3 Å². The number of nitrogens with zero attached hydrogens (tertiary/aromatic N) is 1. The molecule has 1 fully saturated rings. The lowest BCUT2D eigenvalue weighted by molar-refractivity contribution is -0.115. The Kier molecular flexibility index (Phi) is 5.39. The third-order valence-electron chi connectivity index (χ3n) is 5.40. The molecule has 0 saturated carbocycles. The largest absolute Gasteiger partial charge is 0.385 e. The molecule has 2 N–H and O–H groups in total. The van der Waals surface area contributed by atoms with Crippen LogP contribution in [0.3, 0.4) is 0 Å². The minimum Gasteiger partial charge on any atom is -0.385 e. The number of rotatable bonds is 5. The number of fused-ring (bicyclic) bond motifs is 1. The van der Waals surface area contributed by atoms with Crippen molar-refractivity contribution in [3.05, 3.63) is 53.3 Å². The van der Waals surface area contributed by atoms with E-state index < -0.39 is 5.92 Å². The summed E-state index contributed by atoms with van der Waals surface area (Å²) >= 11 is 0. The van der Waals surface area contributed by atoms with Gasteiger partial charge in [0.1, 0.15) is 11.7 Å². The quantitative estimate of drug-likeness (QED) is 0.754. The number of halogens is 1. The molecule has 0 bridgehead atoms. The van der Waals surface area contributed by atoms with Gasteiger partial charge in [-0.25, -0.2) is 4.39 Å². The van der Waals surface area contributed by atoms with Crippen molar-refractivity contribution < 1.29 is 13.9 Å². The molecule has 1 atom stereocenters. The molecule has 2 aliphatic rings. The van der Waals surface area contributed by atoms with Gasteiger partial charge in [-0.05, 0) is 67.1 Å². The Hall–Kier alpha value is -2.73. The van der Waals surface area contributed by atoms with Crippen molar-refractivity contribution in [3.8, 4) is 0 Å². The molecule has 0 aliphatic carbocycles. The van der Waals surface area contributed by atoms with Crippen molar-refractivity contribution in [1.82, 2.24) is 0 Å². The van der Waals surface area contributed by atoms with Crippen molar-refractivity contribution in [2.45, 2.75) is 25.7 Å². The Morgan fingerprint density at radius 1 is 1.25 bits per heavy atom. The van der Waals surface area contributed by atoms with E-state index in [-0.39, 0.29) is 11.7 Å². The smallest absolute Gasteiger partial charge is 0.237 e. The van der Waals surface area contributed by atoms with Crippen LogP contribution in [0.1, 0.15) is 29.9 Å². The van der Waals surface area contributed by atoms with E-state index >= 15 is 0 Å². The first-order chi connectivity index (χ1) is 13.6. The molecule has 1 amide bonds. The van der Waals surface area contributed by atoms with Gasteiger partial charge in [-0.15, -0.1) is 0 Å². The van der Waals surface area contributed by atoms with Crippen molar-refractivity contribution >= 4 is 29.2 Å². The lowest BCUT2D eigenvalue weighted by Gasteiger charge is -2.23. The maximum absolute atomic E-state index is 13.3. The summed E-state index contributed by atoms with van der Waals surface area (Å²) < 4.78 is 18.7. The minimum absolute atomic E-state index is 0.184. The third-order valence-corrected chi connectivity index (χ3v) is 5.40. The molecule has 5 nitrogen and oxygen atoms in total. The highest BCUT2D eigenvalue weighted by atomic mass is 19.1. The molecule has 2 aromatic carbocycles. The SMILES string of the molecule is Cc1cc(N=CC2C(=O)Nc3cc(F)ccc32)ccc1NCC1CCOCC1. The molecular formula is C22H24FN3O2. The van der Waals surface area contributed by atoms with Crippen LogP contribution in [0, 0.1) is 18.7 Å².